The van der Waals surface area contributed by atoms with Crippen LogP contribution in [-0.2, 0) is 4.74 Å². The van der Waals surface area contributed by atoms with Crippen molar-refractivity contribution in [3.05, 3.63) is 0 Å². The molecule has 0 spiro atoms. The summed E-state index contributed by atoms with van der Waals surface area (Å²) in [7, 11) is 3.84. The van der Waals surface area contributed by atoms with Gasteiger partial charge in [-0.1, -0.05) is 0 Å². The van der Waals surface area contributed by atoms with Crippen LogP contribution in [-0.4, -0.2) is 44.4 Å². The average Bonchev–Trinajstić information content (AvgIpc) is 1.96. The molecule has 10 heavy (non-hydrogen) atoms. The summed E-state index contributed by atoms with van der Waals surface area (Å²) in [4.78, 5) is 2.23. The van der Waals surface area contributed by atoms with Crippen molar-refractivity contribution < 1.29 is 4.74 Å². The summed E-state index contributed by atoms with van der Waals surface area (Å²) in [6.07, 6.45) is 0. The van der Waals surface area contributed by atoms with Gasteiger partial charge in [0.25, 0.3) is 0 Å². The zero-order valence-electron chi connectivity index (χ0n) is 6.98. The Morgan fingerprint density at radius 3 is 2.70 bits per heavy atom. The van der Waals surface area contributed by atoms with Gasteiger partial charge in [-0.05, 0) is 14.0 Å². The Kier molecular flexibility index (Phi) is 2.28. The number of likely N-dealkylation sites (N-methyl/N-ethyl adjacent to an activating group) is 1. The molecule has 1 heterocycles. The molecule has 1 unspecified atom stereocenters. The van der Waals surface area contributed by atoms with Gasteiger partial charge in [0.05, 0.1) is 0 Å². The standard InChI is InChI=1S/C7H16N2O/c1-7(10-3)6-8-4-5-9(7)2/h8H,4-6H2,1-3H3. The van der Waals surface area contributed by atoms with Crippen LogP contribution in [0.25, 0.3) is 0 Å². The third-order valence-corrected chi connectivity index (χ3v) is 2.32. The highest BCUT2D eigenvalue weighted by atomic mass is 16.5. The first-order valence-corrected chi connectivity index (χ1v) is 3.66. The second kappa shape index (κ2) is 2.86. The summed E-state index contributed by atoms with van der Waals surface area (Å²) >= 11 is 0. The van der Waals surface area contributed by atoms with Gasteiger partial charge in [-0.25, -0.2) is 0 Å². The van der Waals surface area contributed by atoms with Gasteiger partial charge in [0.1, 0.15) is 5.72 Å². The molecule has 0 aromatic heterocycles. The molecule has 0 amide bonds. The van der Waals surface area contributed by atoms with E-state index in [0.717, 1.165) is 19.6 Å². The number of hydrogen-bond acceptors (Lipinski definition) is 3. The number of nitrogens with zero attached hydrogens (tertiary/aromatic N) is 1. The number of hydrogen-bond donors (Lipinski definition) is 1. The van der Waals surface area contributed by atoms with E-state index in [1.165, 1.54) is 0 Å². The Balaban J connectivity index is 2.54. The zero-order valence-corrected chi connectivity index (χ0v) is 6.98. The molecule has 1 saturated heterocycles. The van der Waals surface area contributed by atoms with Crippen LogP contribution in [0.15, 0.2) is 0 Å². The predicted octanol–water partition coefficient (Wildman–Crippen LogP) is -0.116. The Bertz CT molecular complexity index is 118. The summed E-state index contributed by atoms with van der Waals surface area (Å²) in [6.45, 7) is 5.14. The first-order valence-electron chi connectivity index (χ1n) is 3.66. The van der Waals surface area contributed by atoms with E-state index in [-0.39, 0.29) is 5.72 Å². The molecule has 1 fully saturated rings. The third-order valence-electron chi connectivity index (χ3n) is 2.32. The van der Waals surface area contributed by atoms with Crippen molar-refractivity contribution in [1.82, 2.24) is 10.2 Å². The van der Waals surface area contributed by atoms with Crippen LogP contribution in [0, 0.1) is 0 Å². The largest absolute Gasteiger partial charge is 0.363 e. The molecule has 0 radical (unpaired) electrons. The van der Waals surface area contributed by atoms with E-state index in [9.17, 15) is 0 Å². The molecule has 1 rings (SSSR count). The van der Waals surface area contributed by atoms with Crippen molar-refractivity contribution in [3.8, 4) is 0 Å². The van der Waals surface area contributed by atoms with Crippen molar-refractivity contribution in [3.63, 3.8) is 0 Å². The average molecular weight is 144 g/mol. The van der Waals surface area contributed by atoms with E-state index in [0.29, 0.717) is 0 Å². The molecular weight excluding hydrogens is 128 g/mol. The molecule has 1 aliphatic rings. The first kappa shape index (κ1) is 7.98. The van der Waals surface area contributed by atoms with Crippen LogP contribution in [0.1, 0.15) is 6.92 Å². The Morgan fingerprint density at radius 1 is 1.60 bits per heavy atom. The van der Waals surface area contributed by atoms with Gasteiger partial charge in [-0.2, -0.15) is 0 Å². The second-order valence-corrected chi connectivity index (χ2v) is 2.98. The highest BCUT2D eigenvalue weighted by Crippen LogP contribution is 2.14. The number of methoxy groups -OCH3 is 1. The third kappa shape index (κ3) is 1.31. The normalized spacial score (nSPS) is 36.3. The van der Waals surface area contributed by atoms with E-state index in [1.54, 1.807) is 7.11 Å². The smallest absolute Gasteiger partial charge is 0.130 e. The number of piperazine rings is 1. The number of rotatable bonds is 1. The molecule has 1 atom stereocenters. The monoisotopic (exact) mass is 144 g/mol. The SMILES string of the molecule is COC1(C)CNCCN1C. The van der Waals surface area contributed by atoms with Crippen LogP contribution < -0.4 is 5.32 Å². The lowest BCUT2D eigenvalue weighted by molar-refractivity contribution is -0.121. The minimum atomic E-state index is -0.0990. The predicted molar refractivity (Wildman–Crippen MR) is 40.9 cm³/mol. The Morgan fingerprint density at radius 2 is 2.30 bits per heavy atom. The van der Waals surface area contributed by atoms with Gasteiger partial charge >= 0.3 is 0 Å². The lowest BCUT2D eigenvalue weighted by Crippen LogP contribution is -2.58. The molecule has 0 aromatic rings. The van der Waals surface area contributed by atoms with Crippen LogP contribution in [0.3, 0.4) is 0 Å². The first-order chi connectivity index (χ1) is 4.69. The fourth-order valence-electron chi connectivity index (χ4n) is 1.17. The summed E-state index contributed by atoms with van der Waals surface area (Å²) in [5.41, 5.74) is -0.0990. The van der Waals surface area contributed by atoms with E-state index < -0.39 is 0 Å². The number of nitrogens with one attached hydrogen (secondary N) is 1. The fraction of sp³-hybridized carbons (Fsp3) is 1.00. The van der Waals surface area contributed by atoms with E-state index in [1.807, 2.05) is 0 Å². The van der Waals surface area contributed by atoms with Crippen molar-refractivity contribution in [2.45, 2.75) is 12.6 Å². The topological polar surface area (TPSA) is 24.5 Å². The molecule has 3 nitrogen and oxygen atoms in total. The van der Waals surface area contributed by atoms with Gasteiger partial charge in [-0.15, -0.1) is 0 Å². The lowest BCUT2D eigenvalue weighted by Gasteiger charge is -2.41. The van der Waals surface area contributed by atoms with Crippen molar-refractivity contribution >= 4 is 0 Å². The molecule has 0 bridgehead atoms. The molecule has 0 saturated carbocycles. The summed E-state index contributed by atoms with van der Waals surface area (Å²) < 4.78 is 5.35. The summed E-state index contributed by atoms with van der Waals surface area (Å²) in [6, 6.07) is 0. The quantitative estimate of drug-likeness (QED) is 0.555. The molecule has 3 heteroatoms. The molecule has 0 aromatic carbocycles. The van der Waals surface area contributed by atoms with Crippen LogP contribution in [0.2, 0.25) is 0 Å². The highest BCUT2D eigenvalue weighted by Gasteiger charge is 2.30. The second-order valence-electron chi connectivity index (χ2n) is 2.98. The van der Waals surface area contributed by atoms with Crippen molar-refractivity contribution in [1.29, 1.82) is 0 Å². The maximum Gasteiger partial charge on any atom is 0.130 e. The van der Waals surface area contributed by atoms with Gasteiger partial charge in [-0.3, -0.25) is 4.90 Å². The molecule has 1 aliphatic heterocycles. The molecule has 0 aliphatic carbocycles. The van der Waals surface area contributed by atoms with Gasteiger partial charge < -0.3 is 10.1 Å². The summed E-state index contributed by atoms with van der Waals surface area (Å²) in [5, 5.41) is 3.29. The van der Waals surface area contributed by atoms with Gasteiger partial charge in [0.15, 0.2) is 0 Å². The minimum absolute atomic E-state index is 0.0990. The lowest BCUT2D eigenvalue weighted by atomic mass is 10.2. The fourth-order valence-corrected chi connectivity index (χ4v) is 1.17. The molecule has 60 valence electrons. The van der Waals surface area contributed by atoms with Crippen LogP contribution >= 0.6 is 0 Å². The molecule has 1 N–H and O–H groups in total. The maximum atomic E-state index is 5.35. The van der Waals surface area contributed by atoms with E-state index in [2.05, 4.69) is 24.2 Å². The van der Waals surface area contributed by atoms with Crippen molar-refractivity contribution in [2.24, 2.45) is 0 Å². The highest BCUT2D eigenvalue weighted by molar-refractivity contribution is 4.81. The summed E-state index contributed by atoms with van der Waals surface area (Å²) in [5.74, 6) is 0. The van der Waals surface area contributed by atoms with E-state index >= 15 is 0 Å². The van der Waals surface area contributed by atoms with Gasteiger partial charge in [0, 0.05) is 26.7 Å². The maximum absolute atomic E-state index is 5.35. The van der Waals surface area contributed by atoms with Crippen LogP contribution in [0.4, 0.5) is 0 Å². The molecular formula is C7H16N2O. The Labute approximate surface area is 62.3 Å². The van der Waals surface area contributed by atoms with Gasteiger partial charge in [0.2, 0.25) is 0 Å². The van der Waals surface area contributed by atoms with Crippen molar-refractivity contribution in [2.75, 3.05) is 33.8 Å². The number of ether oxygens (including phenoxy) is 1. The zero-order chi connectivity index (χ0) is 7.61. The minimum Gasteiger partial charge on any atom is -0.363 e. The Hall–Kier alpha value is -0.120. The van der Waals surface area contributed by atoms with E-state index in [4.69, 9.17) is 4.74 Å². The van der Waals surface area contributed by atoms with Crippen LogP contribution in [0.5, 0.6) is 0 Å².